The molecule has 6 aromatic carbocycles. The van der Waals surface area contributed by atoms with Gasteiger partial charge in [-0.3, -0.25) is 19.2 Å². The number of benzene rings is 6. The Morgan fingerprint density at radius 2 is 0.966 bits per heavy atom. The number of rotatable bonds is 9. The number of carbonyl (C=O) groups is 6. The summed E-state index contributed by atoms with van der Waals surface area (Å²) in [5, 5.41) is 0. The summed E-state index contributed by atoms with van der Waals surface area (Å²) in [6.45, 7) is 0.187. The Labute approximate surface area is 507 Å². The number of hydrogen-bond acceptors (Lipinski definition) is 11. The number of imide groups is 2. The molecule has 6 amide bonds. The maximum atomic E-state index is 14.1. The number of amides is 6. The smallest absolute Gasteiger partial charge is 0.418 e. The molecule has 15 nitrogen and oxygen atoms in total. The number of halogens is 8. The number of aliphatic imine (C=N–C) groups is 1. The zero-order valence-corrected chi connectivity index (χ0v) is 47.1. The molecule has 0 unspecified atom stereocenters. The third-order valence-corrected chi connectivity index (χ3v) is 17.1. The summed E-state index contributed by atoms with van der Waals surface area (Å²) in [5.41, 5.74) is 9.18. The van der Waals surface area contributed by atoms with E-state index >= 15 is 0 Å². The molecule has 466 valence electrons. The number of hydrogen-bond donors (Lipinski definition) is 1. The summed E-state index contributed by atoms with van der Waals surface area (Å²) in [7, 11) is 0. The minimum atomic E-state index is -4.74. The van der Waals surface area contributed by atoms with Gasteiger partial charge in [-0.15, -0.1) is 0 Å². The molecule has 2 aliphatic carbocycles. The van der Waals surface area contributed by atoms with Gasteiger partial charge in [-0.05, 0) is 122 Å². The van der Waals surface area contributed by atoms with Gasteiger partial charge in [0.05, 0.1) is 23.5 Å². The number of fused-ring (bicyclic) bond motifs is 4. The number of carbonyl (C=O) groups excluding carboxylic acids is 6. The summed E-state index contributed by atoms with van der Waals surface area (Å²) in [6.07, 6.45) is -8.78. The number of aryl methyl sites for hydroxylation is 2. The monoisotopic (exact) mass is 1230 g/mol. The van der Waals surface area contributed by atoms with Crippen molar-refractivity contribution in [1.29, 1.82) is 0 Å². The Morgan fingerprint density at radius 3 is 1.37 bits per heavy atom. The highest BCUT2D eigenvalue weighted by molar-refractivity contribution is 6.14. The Morgan fingerprint density at radius 1 is 0.551 bits per heavy atom. The molecule has 2 spiro atoms. The van der Waals surface area contributed by atoms with Crippen molar-refractivity contribution < 1.29 is 78.1 Å². The van der Waals surface area contributed by atoms with Crippen LogP contribution in [0, 0.1) is 11.6 Å². The van der Waals surface area contributed by atoms with Crippen molar-refractivity contribution in [3.8, 4) is 0 Å². The van der Waals surface area contributed by atoms with Gasteiger partial charge < -0.3 is 29.7 Å². The second kappa shape index (κ2) is 25.2. The van der Waals surface area contributed by atoms with Crippen LogP contribution < -0.4 is 5.73 Å². The quantitative estimate of drug-likeness (QED) is 0.0831. The van der Waals surface area contributed by atoms with Gasteiger partial charge in [0.2, 0.25) is 23.0 Å². The van der Waals surface area contributed by atoms with Gasteiger partial charge in [-0.2, -0.15) is 26.3 Å². The van der Waals surface area contributed by atoms with Crippen molar-refractivity contribution in [3.63, 3.8) is 0 Å². The van der Waals surface area contributed by atoms with Gasteiger partial charge in [-0.25, -0.2) is 33.2 Å². The van der Waals surface area contributed by atoms with E-state index in [1.54, 1.807) is 30.3 Å². The molecule has 13 rings (SSSR count). The molecule has 89 heavy (non-hydrogen) atoms. The third-order valence-electron chi connectivity index (χ3n) is 17.1. The number of nitrogens with two attached hydrogens (primary N) is 1. The molecule has 0 aromatic heterocycles. The fourth-order valence-electron chi connectivity index (χ4n) is 12.9. The Balaban J connectivity index is 0.000000187. The van der Waals surface area contributed by atoms with Crippen LogP contribution in [0.3, 0.4) is 0 Å². The van der Waals surface area contributed by atoms with Crippen LogP contribution in [0.5, 0.6) is 0 Å². The summed E-state index contributed by atoms with van der Waals surface area (Å²) in [6, 6.07) is 33.0. The van der Waals surface area contributed by atoms with E-state index in [-0.39, 0.29) is 46.0 Å². The number of nitrogens with zero attached hydrogens (tertiary/aromatic N) is 5. The molecule has 5 fully saturated rings. The summed E-state index contributed by atoms with van der Waals surface area (Å²) in [5.74, 6) is -4.82. The number of likely N-dealkylation sites (tertiary alicyclic amines) is 2. The molecular formula is C66H62F8N6O9. The largest absolute Gasteiger partial charge is 0.427 e. The molecule has 5 aliphatic heterocycles. The van der Waals surface area contributed by atoms with Crippen molar-refractivity contribution in [2.75, 3.05) is 32.0 Å². The molecule has 0 radical (unpaired) electrons. The van der Waals surface area contributed by atoms with Crippen LogP contribution in [-0.2, 0) is 57.4 Å². The summed E-state index contributed by atoms with van der Waals surface area (Å²) in [4.78, 5) is 87.2. The first-order valence-corrected chi connectivity index (χ1v) is 28.7. The third kappa shape index (κ3) is 12.4. The van der Waals surface area contributed by atoms with E-state index in [2.05, 4.69) is 0 Å². The molecule has 7 aliphatic rings. The molecule has 6 aromatic rings. The first-order valence-electron chi connectivity index (χ1n) is 28.7. The van der Waals surface area contributed by atoms with Crippen molar-refractivity contribution in [2.24, 2.45) is 4.99 Å². The van der Waals surface area contributed by atoms with Crippen molar-refractivity contribution in [1.82, 2.24) is 19.6 Å². The van der Waals surface area contributed by atoms with Crippen molar-refractivity contribution >= 4 is 52.9 Å². The van der Waals surface area contributed by atoms with Crippen LogP contribution in [-0.4, -0.2) is 112 Å². The Kier molecular flexibility index (Phi) is 17.9. The Bertz CT molecular complexity index is 3630. The van der Waals surface area contributed by atoms with Gasteiger partial charge in [0.25, 0.3) is 11.8 Å². The molecule has 23 heteroatoms. The van der Waals surface area contributed by atoms with Crippen LogP contribution >= 0.6 is 0 Å². The number of alkyl halides is 6. The van der Waals surface area contributed by atoms with Gasteiger partial charge >= 0.3 is 24.5 Å². The highest BCUT2D eigenvalue weighted by atomic mass is 19.4. The van der Waals surface area contributed by atoms with Gasteiger partial charge in [0, 0.05) is 54.0 Å². The number of nitrogen functional groups attached to an aromatic ring is 1. The molecule has 6 atom stereocenters. The van der Waals surface area contributed by atoms with E-state index in [4.69, 9.17) is 24.9 Å². The average Bonchev–Trinajstić information content (AvgIpc) is 1.62. The minimum Gasteiger partial charge on any atom is -0.427 e. The van der Waals surface area contributed by atoms with E-state index in [1.165, 1.54) is 37.1 Å². The summed E-state index contributed by atoms with van der Waals surface area (Å²) >= 11 is 0. The van der Waals surface area contributed by atoms with E-state index in [9.17, 15) is 63.9 Å². The number of ether oxygens (including phenoxy) is 3. The van der Waals surface area contributed by atoms with E-state index < -0.39 is 108 Å². The van der Waals surface area contributed by atoms with E-state index in [0.29, 0.717) is 66.1 Å². The predicted octanol–water partition coefficient (Wildman–Crippen LogP) is 12.7. The van der Waals surface area contributed by atoms with Crippen molar-refractivity contribution in [2.45, 2.75) is 119 Å². The average molecular weight is 1240 g/mol. The Hall–Kier alpha value is -8.99. The maximum absolute atomic E-state index is 14.1. The molecule has 0 bridgehead atoms. The first-order chi connectivity index (χ1) is 42.1. The molecule has 5 saturated heterocycles. The predicted molar refractivity (Wildman–Crippen MR) is 309 cm³/mol. The van der Waals surface area contributed by atoms with Crippen LogP contribution in [0.1, 0.15) is 115 Å². The zero-order valence-electron chi connectivity index (χ0n) is 47.1. The minimum absolute atomic E-state index is 0. The fourth-order valence-corrected chi connectivity index (χ4v) is 12.9. The second-order valence-electron chi connectivity index (χ2n) is 22.4. The highest BCUT2D eigenvalue weighted by Gasteiger charge is 2.61. The fraction of sp³-hybridized carbons (Fsp3) is 0.348. The van der Waals surface area contributed by atoms with Gasteiger partial charge in [0.15, 0.2) is 0 Å². The second-order valence-corrected chi connectivity index (χ2v) is 22.4. The van der Waals surface area contributed by atoms with Gasteiger partial charge in [-0.1, -0.05) is 104 Å². The molecular weight excluding hydrogens is 1170 g/mol. The lowest BCUT2D eigenvalue weighted by atomic mass is 9.94. The standard InChI is InChI=1S/C37H29F4N3O4.C24H21F4N3O4.C4H8O.CH4/c38-27-13-11-23(12-14-27)30-17-18-31(37(39,40)41)44(30)32(45)22-43-34(46)36(48-35(43)47)20-19-26-21-28(15-16-29(26)36)42-33(24-7-3-1-4-8-24)25-9-5-2-6-10-25;25-15-3-1-13(2-4-15)18-7-8-19(24(26,27)28)31(18)20(32)12-30-21(33)23(35-22(30)34)10-9-14-11-16(29)5-6-17(14)23;1-2-4-5-3-1;/h1-16,21,30-31H,17-20,22H2;1-6,11,18-19H,7-10,12,29H2;1-4H2;1H4/t30-,31+,36+;18-,19+,23+;;/m00../s1. The number of anilines is 1. The van der Waals surface area contributed by atoms with Crippen LogP contribution in [0.25, 0.3) is 0 Å². The van der Waals surface area contributed by atoms with E-state index in [1.807, 2.05) is 66.7 Å². The van der Waals surface area contributed by atoms with Gasteiger partial charge in [0.1, 0.15) is 36.8 Å². The lowest BCUT2D eigenvalue weighted by Gasteiger charge is -2.32. The SMILES string of the molecule is C.C1CCOC1.Nc1ccc2c(c1)CC[C@@]21OC(=O)N(CC(=O)N2[C@H](c3ccc(F)cc3)CC[C@@H]2C(F)(F)F)C1=O.O=C1O[C@@]2(CCc3cc(N=C(c4ccccc4)c4ccccc4)ccc32)C(=O)N1CC(=O)N1[C@H](c2ccc(F)cc2)CC[C@@H]1C(F)(F)F. The normalized spacial score (nSPS) is 23.3. The lowest BCUT2D eigenvalue weighted by Crippen LogP contribution is -2.50. The van der Waals surface area contributed by atoms with E-state index in [0.717, 1.165) is 65.4 Å². The lowest BCUT2D eigenvalue weighted by molar-refractivity contribution is -0.186. The maximum Gasteiger partial charge on any atom is 0.418 e. The van der Waals surface area contributed by atoms with Crippen molar-refractivity contribution in [3.05, 3.63) is 202 Å². The first kappa shape index (κ1) is 63.0. The highest BCUT2D eigenvalue weighted by Crippen LogP contribution is 2.50. The molecule has 0 saturated carbocycles. The zero-order chi connectivity index (χ0) is 62.3. The topological polar surface area (TPSA) is 181 Å². The van der Waals surface area contributed by atoms with Crippen LogP contribution in [0.2, 0.25) is 0 Å². The molecule has 5 heterocycles. The van der Waals surface area contributed by atoms with Crippen LogP contribution in [0.4, 0.5) is 56.1 Å². The summed E-state index contributed by atoms with van der Waals surface area (Å²) < 4.78 is 127. The molecule has 2 N–H and O–H groups in total. The van der Waals surface area contributed by atoms with Crippen LogP contribution in [0.15, 0.2) is 151 Å².